The van der Waals surface area contributed by atoms with Crippen LogP contribution in [-0.2, 0) is 10.3 Å². The lowest BCUT2D eigenvalue weighted by Crippen LogP contribution is -2.42. The van der Waals surface area contributed by atoms with E-state index < -0.39 is 0 Å². The fraction of sp³-hybridized carbons (Fsp3) is 0.538. The van der Waals surface area contributed by atoms with Crippen LogP contribution in [0.15, 0.2) is 24.3 Å². The molecule has 2 N–H and O–H groups in total. The summed E-state index contributed by atoms with van der Waals surface area (Å²) in [6.07, 6.45) is 2.59. The summed E-state index contributed by atoms with van der Waals surface area (Å²) >= 11 is 0. The summed E-state index contributed by atoms with van der Waals surface area (Å²) in [7, 11) is 0. The minimum atomic E-state index is -0.314. The Morgan fingerprint density at radius 1 is 1.44 bits per heavy atom. The Morgan fingerprint density at radius 2 is 2.12 bits per heavy atom. The Balaban J connectivity index is 2.29. The van der Waals surface area contributed by atoms with Crippen molar-refractivity contribution < 1.29 is 9.13 Å². The highest BCUT2D eigenvalue weighted by molar-refractivity contribution is 5.24. The predicted molar refractivity (Wildman–Crippen MR) is 61.5 cm³/mol. The molecule has 1 aromatic rings. The van der Waals surface area contributed by atoms with Crippen LogP contribution in [0.4, 0.5) is 4.39 Å². The average molecular weight is 223 g/mol. The van der Waals surface area contributed by atoms with Gasteiger partial charge in [0.25, 0.3) is 0 Å². The smallest absolute Gasteiger partial charge is 0.123 e. The van der Waals surface area contributed by atoms with Gasteiger partial charge in [-0.15, -0.1) is 0 Å². The van der Waals surface area contributed by atoms with Crippen molar-refractivity contribution in [1.29, 1.82) is 0 Å². The van der Waals surface area contributed by atoms with E-state index in [4.69, 9.17) is 10.5 Å². The maximum absolute atomic E-state index is 12.9. The molecule has 0 radical (unpaired) electrons. The second-order valence-corrected chi connectivity index (χ2v) is 4.46. The molecule has 1 heterocycles. The number of ether oxygens (including phenoxy) is 1. The molecule has 2 rings (SSSR count). The third kappa shape index (κ3) is 2.11. The summed E-state index contributed by atoms with van der Waals surface area (Å²) in [5.74, 6) is -0.213. The predicted octanol–water partition coefficient (Wildman–Crippen LogP) is 2.57. The van der Waals surface area contributed by atoms with E-state index in [1.54, 1.807) is 12.1 Å². The molecule has 2 unspecified atom stereocenters. The van der Waals surface area contributed by atoms with Crippen LogP contribution in [-0.4, -0.2) is 12.6 Å². The molecule has 1 aliphatic heterocycles. The van der Waals surface area contributed by atoms with Crippen LogP contribution in [0.25, 0.3) is 0 Å². The van der Waals surface area contributed by atoms with E-state index in [0.717, 1.165) is 24.8 Å². The Morgan fingerprint density at radius 3 is 2.69 bits per heavy atom. The number of rotatable bonds is 2. The van der Waals surface area contributed by atoms with Crippen LogP contribution in [0.5, 0.6) is 0 Å². The van der Waals surface area contributed by atoms with Gasteiger partial charge in [0.2, 0.25) is 0 Å². The molecular formula is C13H18FNO. The van der Waals surface area contributed by atoms with Crippen LogP contribution in [0.3, 0.4) is 0 Å². The van der Waals surface area contributed by atoms with Gasteiger partial charge in [0, 0.05) is 12.6 Å². The fourth-order valence-electron chi connectivity index (χ4n) is 2.40. The van der Waals surface area contributed by atoms with Gasteiger partial charge in [-0.05, 0) is 37.0 Å². The first kappa shape index (κ1) is 11.6. The van der Waals surface area contributed by atoms with Gasteiger partial charge in [0.1, 0.15) is 5.82 Å². The molecule has 0 aromatic heterocycles. The molecule has 2 atom stereocenters. The highest BCUT2D eigenvalue weighted by Gasteiger charge is 2.36. The van der Waals surface area contributed by atoms with E-state index in [2.05, 4.69) is 6.92 Å². The molecular weight excluding hydrogens is 205 g/mol. The number of hydrogen-bond donors (Lipinski definition) is 1. The molecule has 1 aromatic carbocycles. The Hall–Kier alpha value is -0.930. The lowest BCUT2D eigenvalue weighted by Gasteiger charge is -2.39. The molecule has 0 spiro atoms. The van der Waals surface area contributed by atoms with Crippen LogP contribution in [0.1, 0.15) is 31.7 Å². The fourth-order valence-corrected chi connectivity index (χ4v) is 2.40. The zero-order valence-electron chi connectivity index (χ0n) is 9.58. The zero-order valence-corrected chi connectivity index (χ0v) is 9.58. The van der Waals surface area contributed by atoms with Crippen molar-refractivity contribution >= 4 is 0 Å². The Labute approximate surface area is 95.6 Å². The molecule has 16 heavy (non-hydrogen) atoms. The van der Waals surface area contributed by atoms with Gasteiger partial charge in [-0.25, -0.2) is 4.39 Å². The molecule has 1 fully saturated rings. The van der Waals surface area contributed by atoms with Crippen molar-refractivity contribution in [3.8, 4) is 0 Å². The molecule has 0 saturated carbocycles. The van der Waals surface area contributed by atoms with E-state index in [1.165, 1.54) is 12.1 Å². The third-order valence-electron chi connectivity index (χ3n) is 3.40. The third-order valence-corrected chi connectivity index (χ3v) is 3.40. The van der Waals surface area contributed by atoms with E-state index in [1.807, 2.05) is 0 Å². The standard InChI is InChI=1S/C13H18FNO/c1-2-13(9-12(15)7-8-16-13)10-3-5-11(14)6-4-10/h3-6,12H,2,7-9,15H2,1H3. The van der Waals surface area contributed by atoms with Crippen molar-refractivity contribution in [2.75, 3.05) is 6.61 Å². The largest absolute Gasteiger partial charge is 0.370 e. The highest BCUT2D eigenvalue weighted by Crippen LogP contribution is 2.37. The first-order valence-corrected chi connectivity index (χ1v) is 5.82. The topological polar surface area (TPSA) is 35.2 Å². The molecule has 0 aliphatic carbocycles. The molecule has 3 heteroatoms. The van der Waals surface area contributed by atoms with E-state index in [9.17, 15) is 4.39 Å². The average Bonchev–Trinajstić information content (AvgIpc) is 2.29. The number of nitrogens with two attached hydrogens (primary N) is 1. The highest BCUT2D eigenvalue weighted by atomic mass is 19.1. The number of benzene rings is 1. The van der Waals surface area contributed by atoms with Crippen molar-refractivity contribution in [2.45, 2.75) is 37.8 Å². The summed E-state index contributed by atoms with van der Waals surface area (Å²) in [6, 6.07) is 6.75. The van der Waals surface area contributed by atoms with Gasteiger partial charge < -0.3 is 10.5 Å². The maximum atomic E-state index is 12.9. The molecule has 0 bridgehead atoms. The van der Waals surface area contributed by atoms with E-state index >= 15 is 0 Å². The molecule has 0 amide bonds. The lowest BCUT2D eigenvalue weighted by molar-refractivity contribution is -0.0925. The van der Waals surface area contributed by atoms with Gasteiger partial charge in [-0.2, -0.15) is 0 Å². The summed E-state index contributed by atoms with van der Waals surface area (Å²) in [5.41, 5.74) is 6.72. The van der Waals surface area contributed by atoms with E-state index in [-0.39, 0.29) is 17.5 Å². The normalized spacial score (nSPS) is 30.3. The number of halogens is 1. The van der Waals surface area contributed by atoms with Crippen LogP contribution in [0, 0.1) is 5.82 Å². The Bertz CT molecular complexity index is 351. The van der Waals surface area contributed by atoms with Crippen molar-refractivity contribution in [1.82, 2.24) is 0 Å². The first-order valence-electron chi connectivity index (χ1n) is 5.82. The van der Waals surface area contributed by atoms with Crippen molar-refractivity contribution in [3.63, 3.8) is 0 Å². The quantitative estimate of drug-likeness (QED) is 0.836. The minimum absolute atomic E-state index is 0.179. The van der Waals surface area contributed by atoms with Gasteiger partial charge in [0.15, 0.2) is 0 Å². The lowest BCUT2D eigenvalue weighted by atomic mass is 9.82. The van der Waals surface area contributed by atoms with Gasteiger partial charge in [-0.1, -0.05) is 19.1 Å². The SMILES string of the molecule is CCC1(c2ccc(F)cc2)CC(N)CCO1. The molecule has 2 nitrogen and oxygen atoms in total. The first-order chi connectivity index (χ1) is 7.66. The summed E-state index contributed by atoms with van der Waals surface area (Å²) in [5, 5.41) is 0. The number of hydrogen-bond acceptors (Lipinski definition) is 2. The van der Waals surface area contributed by atoms with Gasteiger partial charge in [0.05, 0.1) is 5.60 Å². The summed E-state index contributed by atoms with van der Waals surface area (Å²) in [6.45, 7) is 2.77. The summed E-state index contributed by atoms with van der Waals surface area (Å²) < 4.78 is 18.8. The maximum Gasteiger partial charge on any atom is 0.123 e. The van der Waals surface area contributed by atoms with Crippen LogP contribution < -0.4 is 5.73 Å². The monoisotopic (exact) mass is 223 g/mol. The van der Waals surface area contributed by atoms with Gasteiger partial charge >= 0.3 is 0 Å². The van der Waals surface area contributed by atoms with Crippen LogP contribution in [0.2, 0.25) is 0 Å². The van der Waals surface area contributed by atoms with Crippen LogP contribution >= 0.6 is 0 Å². The molecule has 1 aliphatic rings. The zero-order chi connectivity index (χ0) is 11.6. The minimum Gasteiger partial charge on any atom is -0.370 e. The van der Waals surface area contributed by atoms with Crippen molar-refractivity contribution in [3.05, 3.63) is 35.6 Å². The Kier molecular flexibility index (Phi) is 3.26. The van der Waals surface area contributed by atoms with Crippen molar-refractivity contribution in [2.24, 2.45) is 5.73 Å². The second-order valence-electron chi connectivity index (χ2n) is 4.46. The summed E-state index contributed by atoms with van der Waals surface area (Å²) in [4.78, 5) is 0. The van der Waals surface area contributed by atoms with E-state index in [0.29, 0.717) is 6.61 Å². The molecule has 1 saturated heterocycles. The molecule has 88 valence electrons. The second kappa shape index (κ2) is 4.52. The van der Waals surface area contributed by atoms with Gasteiger partial charge in [-0.3, -0.25) is 0 Å².